The molecular formula is C28H31F4NO4. The van der Waals surface area contributed by atoms with Gasteiger partial charge in [-0.05, 0) is 85.1 Å². The molecule has 3 aliphatic rings. The lowest BCUT2D eigenvalue weighted by Crippen LogP contribution is -2.28. The zero-order chi connectivity index (χ0) is 26.6. The van der Waals surface area contributed by atoms with Gasteiger partial charge in [0, 0.05) is 19.1 Å². The van der Waals surface area contributed by atoms with E-state index in [4.69, 9.17) is 14.6 Å². The predicted octanol–water partition coefficient (Wildman–Crippen LogP) is 6.74. The summed E-state index contributed by atoms with van der Waals surface area (Å²) in [4.78, 5) is 21.2. The van der Waals surface area contributed by atoms with Crippen molar-refractivity contribution >= 4 is 18.1 Å². The van der Waals surface area contributed by atoms with Crippen LogP contribution in [0.1, 0.15) is 73.5 Å². The molecule has 2 aliphatic carbocycles. The Morgan fingerprint density at radius 3 is 2.32 bits per heavy atom. The SMILES string of the molecule is O=C(Nc1ccc(C(F)(F)F)cc1F)C1CCCC(c2ccc(C3CC34CCOCC4)cc2)C1.O=CO. The summed E-state index contributed by atoms with van der Waals surface area (Å²) >= 11 is 0. The van der Waals surface area contributed by atoms with Gasteiger partial charge in [0.1, 0.15) is 5.82 Å². The van der Waals surface area contributed by atoms with Gasteiger partial charge in [-0.2, -0.15) is 13.2 Å². The largest absolute Gasteiger partial charge is 0.483 e. The number of anilines is 1. The van der Waals surface area contributed by atoms with Crippen LogP contribution in [0.25, 0.3) is 0 Å². The fourth-order valence-electron chi connectivity index (χ4n) is 5.91. The third-order valence-corrected chi connectivity index (χ3v) is 8.09. The molecule has 1 heterocycles. The highest BCUT2D eigenvalue weighted by atomic mass is 19.4. The van der Waals surface area contributed by atoms with Gasteiger partial charge in [0.25, 0.3) is 6.47 Å². The second-order valence-corrected chi connectivity index (χ2v) is 10.2. The van der Waals surface area contributed by atoms with E-state index in [2.05, 4.69) is 29.6 Å². The maximum atomic E-state index is 14.2. The van der Waals surface area contributed by atoms with E-state index in [0.717, 1.165) is 51.0 Å². The highest BCUT2D eigenvalue weighted by Crippen LogP contribution is 2.64. The van der Waals surface area contributed by atoms with Crippen LogP contribution in [0.5, 0.6) is 0 Å². The molecule has 0 radical (unpaired) electrons. The topological polar surface area (TPSA) is 75.6 Å². The number of carbonyl (C=O) groups is 2. The van der Waals surface area contributed by atoms with E-state index in [1.165, 1.54) is 17.5 Å². The van der Waals surface area contributed by atoms with E-state index >= 15 is 0 Å². The van der Waals surface area contributed by atoms with Crippen molar-refractivity contribution in [2.45, 2.75) is 63.0 Å². The normalized spacial score (nSPS) is 24.5. The first-order chi connectivity index (χ1) is 17.7. The molecule has 3 unspecified atom stereocenters. The van der Waals surface area contributed by atoms with Crippen molar-refractivity contribution < 1.29 is 37.0 Å². The molecule has 5 rings (SSSR count). The summed E-state index contributed by atoms with van der Waals surface area (Å²) in [7, 11) is 0. The molecule has 1 amide bonds. The van der Waals surface area contributed by atoms with Gasteiger partial charge in [-0.15, -0.1) is 0 Å². The summed E-state index contributed by atoms with van der Waals surface area (Å²) in [5, 5.41) is 9.39. The highest BCUT2D eigenvalue weighted by Gasteiger charge is 2.54. The second-order valence-electron chi connectivity index (χ2n) is 10.2. The number of halogens is 4. The van der Waals surface area contributed by atoms with Crippen molar-refractivity contribution in [3.05, 3.63) is 65.0 Å². The molecule has 1 saturated heterocycles. The number of carbonyl (C=O) groups excluding carboxylic acids is 1. The van der Waals surface area contributed by atoms with Crippen LogP contribution in [0.15, 0.2) is 42.5 Å². The Morgan fingerprint density at radius 2 is 1.70 bits per heavy atom. The van der Waals surface area contributed by atoms with Crippen molar-refractivity contribution in [3.8, 4) is 0 Å². The Balaban J connectivity index is 0.00000102. The van der Waals surface area contributed by atoms with E-state index in [-0.39, 0.29) is 29.9 Å². The van der Waals surface area contributed by atoms with Crippen molar-refractivity contribution in [1.82, 2.24) is 0 Å². The summed E-state index contributed by atoms with van der Waals surface area (Å²) in [6.07, 6.45) is 2.10. The molecule has 2 aromatic carbocycles. The van der Waals surface area contributed by atoms with Crippen LogP contribution in [0, 0.1) is 17.2 Å². The zero-order valence-corrected chi connectivity index (χ0v) is 20.4. The monoisotopic (exact) mass is 521 g/mol. The van der Waals surface area contributed by atoms with Gasteiger partial charge in [-0.1, -0.05) is 30.7 Å². The Morgan fingerprint density at radius 1 is 1.05 bits per heavy atom. The van der Waals surface area contributed by atoms with Crippen LogP contribution in [-0.4, -0.2) is 30.7 Å². The van der Waals surface area contributed by atoms with E-state index in [0.29, 0.717) is 30.2 Å². The Labute approximate surface area is 213 Å². The summed E-state index contributed by atoms with van der Waals surface area (Å²) < 4.78 is 58.0. The number of amides is 1. The lowest BCUT2D eigenvalue weighted by Gasteiger charge is -2.29. The maximum absolute atomic E-state index is 14.2. The fourth-order valence-corrected chi connectivity index (χ4v) is 5.91. The molecule has 1 spiro atoms. The lowest BCUT2D eigenvalue weighted by molar-refractivity contribution is -0.137. The maximum Gasteiger partial charge on any atom is 0.416 e. The average molecular weight is 522 g/mol. The third-order valence-electron chi connectivity index (χ3n) is 8.09. The van der Waals surface area contributed by atoms with Crippen molar-refractivity contribution in [2.24, 2.45) is 11.3 Å². The molecule has 9 heteroatoms. The fraction of sp³-hybridized carbons (Fsp3) is 0.500. The first-order valence-corrected chi connectivity index (χ1v) is 12.6. The Kier molecular flexibility index (Phi) is 8.21. The number of rotatable bonds is 4. The smallest absolute Gasteiger partial charge is 0.416 e. The van der Waals surface area contributed by atoms with Gasteiger partial charge in [-0.3, -0.25) is 9.59 Å². The molecule has 37 heavy (non-hydrogen) atoms. The van der Waals surface area contributed by atoms with Gasteiger partial charge < -0.3 is 15.2 Å². The molecule has 2 N–H and O–H groups in total. The minimum absolute atomic E-state index is 0.212. The third kappa shape index (κ3) is 6.32. The van der Waals surface area contributed by atoms with Crippen LogP contribution < -0.4 is 5.32 Å². The summed E-state index contributed by atoms with van der Waals surface area (Å²) in [6.45, 7) is 1.47. The van der Waals surface area contributed by atoms with E-state index in [1.54, 1.807) is 0 Å². The lowest BCUT2D eigenvalue weighted by atomic mass is 9.77. The van der Waals surface area contributed by atoms with Crippen LogP contribution >= 0.6 is 0 Å². The van der Waals surface area contributed by atoms with E-state index in [9.17, 15) is 22.4 Å². The number of hydrogen-bond donors (Lipinski definition) is 2. The quantitative estimate of drug-likeness (QED) is 0.345. The number of hydrogen-bond acceptors (Lipinski definition) is 3. The average Bonchev–Trinajstić information content (AvgIpc) is 3.58. The molecule has 2 aromatic rings. The summed E-state index contributed by atoms with van der Waals surface area (Å²) in [6, 6.07) is 11.0. The summed E-state index contributed by atoms with van der Waals surface area (Å²) in [5.41, 5.74) is 1.74. The van der Waals surface area contributed by atoms with E-state index in [1.807, 2.05) is 0 Å². The molecular weight excluding hydrogens is 490 g/mol. The molecule has 200 valence electrons. The molecule has 5 nitrogen and oxygen atoms in total. The second kappa shape index (κ2) is 11.2. The minimum Gasteiger partial charge on any atom is -0.483 e. The van der Waals surface area contributed by atoms with E-state index < -0.39 is 17.6 Å². The van der Waals surface area contributed by atoms with Gasteiger partial charge in [0.15, 0.2) is 0 Å². The Bertz CT molecular complexity index is 1100. The van der Waals surface area contributed by atoms with Gasteiger partial charge in [0.2, 0.25) is 5.91 Å². The highest BCUT2D eigenvalue weighted by molar-refractivity contribution is 5.92. The molecule has 3 fully saturated rings. The first-order valence-electron chi connectivity index (χ1n) is 12.6. The van der Waals surface area contributed by atoms with Crippen molar-refractivity contribution in [2.75, 3.05) is 18.5 Å². The molecule has 1 aliphatic heterocycles. The van der Waals surface area contributed by atoms with Crippen LogP contribution in [0.4, 0.5) is 23.2 Å². The predicted molar refractivity (Wildman–Crippen MR) is 130 cm³/mol. The molecule has 0 bridgehead atoms. The van der Waals surface area contributed by atoms with Crippen molar-refractivity contribution in [3.63, 3.8) is 0 Å². The number of ether oxygens (including phenoxy) is 1. The number of benzene rings is 2. The van der Waals surface area contributed by atoms with Gasteiger partial charge in [-0.25, -0.2) is 4.39 Å². The number of nitrogens with one attached hydrogen (secondary N) is 1. The van der Waals surface area contributed by atoms with Gasteiger partial charge >= 0.3 is 6.18 Å². The molecule has 2 saturated carbocycles. The molecule has 0 aromatic heterocycles. The summed E-state index contributed by atoms with van der Waals surface area (Å²) in [5.74, 6) is -0.844. The van der Waals surface area contributed by atoms with Gasteiger partial charge in [0.05, 0.1) is 11.3 Å². The first kappa shape index (κ1) is 27.1. The number of carboxylic acid groups (broad SMARTS) is 1. The Hall–Kier alpha value is -2.94. The van der Waals surface area contributed by atoms with Crippen molar-refractivity contribution in [1.29, 1.82) is 0 Å². The van der Waals surface area contributed by atoms with Crippen LogP contribution in [-0.2, 0) is 20.5 Å². The number of alkyl halides is 3. The van der Waals surface area contributed by atoms with Crippen LogP contribution in [0.3, 0.4) is 0 Å². The molecule has 3 atom stereocenters. The van der Waals surface area contributed by atoms with Crippen LogP contribution in [0.2, 0.25) is 0 Å². The minimum atomic E-state index is -4.62. The zero-order valence-electron chi connectivity index (χ0n) is 20.4. The standard InChI is InChI=1S/C27H29F4NO2.CH2O2/c28-23-15-21(27(29,30)31)8-9-24(23)32-25(33)20-3-1-2-19(14-20)17-4-6-18(7-5-17)22-16-26(22)10-12-34-13-11-26;2-1-3/h4-9,15,19-20,22H,1-3,10-14,16H2,(H,32,33);1H,(H,2,3).